The molecule has 0 saturated carbocycles. The molecule has 0 aromatic carbocycles. The quantitative estimate of drug-likeness (QED) is 0.745. The summed E-state index contributed by atoms with van der Waals surface area (Å²) in [6.45, 7) is 8.99. The molecular weight excluding hydrogens is 208 g/mol. The molecule has 16 heavy (non-hydrogen) atoms. The van der Waals surface area contributed by atoms with Crippen molar-refractivity contribution in [3.63, 3.8) is 0 Å². The number of hydrogen-bond donors (Lipinski definition) is 2. The van der Waals surface area contributed by atoms with Gasteiger partial charge in [0.25, 0.3) is 0 Å². The van der Waals surface area contributed by atoms with Crippen LogP contribution in [0.1, 0.15) is 34.6 Å². The van der Waals surface area contributed by atoms with Crippen molar-refractivity contribution in [3.8, 4) is 0 Å². The number of rotatable bonds is 4. The maximum Gasteiger partial charge on any atom is 0.329 e. The van der Waals surface area contributed by atoms with E-state index in [1.165, 1.54) is 25.8 Å². The first-order valence-electron chi connectivity index (χ1n) is 5.23. The molecule has 0 heterocycles. The van der Waals surface area contributed by atoms with E-state index in [0.29, 0.717) is 0 Å². The number of amides is 1. The minimum Gasteiger partial charge on any atom is -0.480 e. The lowest BCUT2D eigenvalue weighted by Gasteiger charge is -2.32. The van der Waals surface area contributed by atoms with E-state index in [4.69, 9.17) is 5.11 Å². The molecule has 0 aromatic rings. The van der Waals surface area contributed by atoms with Crippen molar-refractivity contribution in [2.75, 3.05) is 13.6 Å². The van der Waals surface area contributed by atoms with E-state index in [2.05, 4.69) is 5.32 Å². The van der Waals surface area contributed by atoms with Crippen LogP contribution in [0.5, 0.6) is 0 Å². The van der Waals surface area contributed by atoms with Gasteiger partial charge in [-0.25, -0.2) is 4.79 Å². The van der Waals surface area contributed by atoms with E-state index in [0.717, 1.165) is 0 Å². The molecule has 2 N–H and O–H groups in total. The van der Waals surface area contributed by atoms with E-state index in [-0.39, 0.29) is 18.0 Å². The van der Waals surface area contributed by atoms with Gasteiger partial charge in [0, 0.05) is 12.6 Å². The highest BCUT2D eigenvalue weighted by Gasteiger charge is 2.35. The van der Waals surface area contributed by atoms with Gasteiger partial charge < -0.3 is 15.3 Å². The number of nitrogens with zero attached hydrogens (tertiary/aromatic N) is 1. The number of carbonyl (C=O) groups excluding carboxylic acids is 1. The lowest BCUT2D eigenvalue weighted by molar-refractivity contribution is -0.155. The third kappa shape index (κ3) is 4.18. The molecule has 0 aliphatic carbocycles. The normalized spacial score (nSPS) is 12.4. The van der Waals surface area contributed by atoms with Gasteiger partial charge in [0.1, 0.15) is 5.54 Å². The fourth-order valence-corrected chi connectivity index (χ4v) is 0.915. The summed E-state index contributed by atoms with van der Waals surface area (Å²) in [5.74, 6) is -1.25. The van der Waals surface area contributed by atoms with Gasteiger partial charge in [-0.1, -0.05) is 0 Å². The van der Waals surface area contributed by atoms with Gasteiger partial charge in [-0.2, -0.15) is 0 Å². The topological polar surface area (TPSA) is 69.6 Å². The van der Waals surface area contributed by atoms with Crippen LogP contribution in [0.4, 0.5) is 0 Å². The molecule has 0 atom stereocenters. The molecule has 0 bridgehead atoms. The van der Waals surface area contributed by atoms with Crippen LogP contribution in [0.15, 0.2) is 0 Å². The molecular formula is C11H22N2O3. The maximum absolute atomic E-state index is 11.7. The number of carboxylic acid groups (broad SMARTS) is 1. The molecule has 0 aliphatic rings. The van der Waals surface area contributed by atoms with Crippen molar-refractivity contribution in [1.29, 1.82) is 0 Å². The highest BCUT2D eigenvalue weighted by molar-refractivity contribution is 5.87. The van der Waals surface area contributed by atoms with Gasteiger partial charge in [-0.05, 0) is 34.6 Å². The molecule has 0 rings (SSSR count). The molecule has 5 heteroatoms. The van der Waals surface area contributed by atoms with Crippen LogP contribution in [0, 0.1) is 0 Å². The first-order valence-corrected chi connectivity index (χ1v) is 5.23. The fourth-order valence-electron chi connectivity index (χ4n) is 0.915. The van der Waals surface area contributed by atoms with Crippen LogP contribution in [0.3, 0.4) is 0 Å². The molecule has 5 nitrogen and oxygen atoms in total. The number of likely N-dealkylation sites (N-methyl/N-ethyl adjacent to an activating group) is 1. The van der Waals surface area contributed by atoms with Crippen LogP contribution in [-0.4, -0.2) is 46.6 Å². The minimum atomic E-state index is -1.18. The Morgan fingerprint density at radius 2 is 1.62 bits per heavy atom. The van der Waals surface area contributed by atoms with Gasteiger partial charge in [0.2, 0.25) is 5.91 Å². The van der Waals surface area contributed by atoms with Crippen molar-refractivity contribution in [2.45, 2.75) is 45.7 Å². The SMILES string of the molecule is CN(C(=O)CNC(C)(C)C)C(C)(C)C(=O)O. The Bertz CT molecular complexity index is 279. The molecule has 0 aromatic heterocycles. The zero-order valence-corrected chi connectivity index (χ0v) is 10.9. The Morgan fingerprint density at radius 3 is 1.94 bits per heavy atom. The lowest BCUT2D eigenvalue weighted by Crippen LogP contribution is -2.54. The van der Waals surface area contributed by atoms with E-state index in [1.807, 2.05) is 20.8 Å². The molecule has 0 saturated heterocycles. The second-order valence-corrected chi connectivity index (χ2v) is 5.42. The first kappa shape index (κ1) is 14.9. The summed E-state index contributed by atoms with van der Waals surface area (Å²) in [4.78, 5) is 23.9. The van der Waals surface area contributed by atoms with Crippen LogP contribution in [0.25, 0.3) is 0 Å². The molecule has 94 valence electrons. The van der Waals surface area contributed by atoms with Crippen LogP contribution in [-0.2, 0) is 9.59 Å². The highest BCUT2D eigenvalue weighted by atomic mass is 16.4. The molecule has 0 aliphatic heterocycles. The third-order valence-corrected chi connectivity index (χ3v) is 2.51. The number of aliphatic carboxylic acids is 1. The van der Waals surface area contributed by atoms with Crippen molar-refractivity contribution in [1.82, 2.24) is 10.2 Å². The summed E-state index contributed by atoms with van der Waals surface area (Å²) in [6.07, 6.45) is 0. The molecule has 0 unspecified atom stereocenters. The van der Waals surface area contributed by atoms with Crippen LogP contribution < -0.4 is 5.32 Å². The summed E-state index contributed by atoms with van der Waals surface area (Å²) < 4.78 is 0. The Hall–Kier alpha value is -1.10. The molecule has 0 fully saturated rings. The number of nitrogens with one attached hydrogen (secondary N) is 1. The highest BCUT2D eigenvalue weighted by Crippen LogP contribution is 2.12. The fraction of sp³-hybridized carbons (Fsp3) is 0.818. The van der Waals surface area contributed by atoms with Gasteiger partial charge in [0.05, 0.1) is 6.54 Å². The number of hydrogen-bond acceptors (Lipinski definition) is 3. The van der Waals surface area contributed by atoms with E-state index >= 15 is 0 Å². The van der Waals surface area contributed by atoms with Crippen molar-refractivity contribution in [2.24, 2.45) is 0 Å². The minimum absolute atomic E-state index is 0.136. The summed E-state index contributed by atoms with van der Waals surface area (Å²) in [6, 6.07) is 0. The average molecular weight is 230 g/mol. The third-order valence-electron chi connectivity index (χ3n) is 2.51. The van der Waals surface area contributed by atoms with Crippen LogP contribution >= 0.6 is 0 Å². The summed E-state index contributed by atoms with van der Waals surface area (Å²) >= 11 is 0. The second-order valence-electron chi connectivity index (χ2n) is 5.42. The Labute approximate surface area is 96.8 Å². The van der Waals surface area contributed by atoms with Crippen LogP contribution in [0.2, 0.25) is 0 Å². The Kier molecular flexibility index (Phi) is 4.49. The van der Waals surface area contributed by atoms with Crippen molar-refractivity contribution < 1.29 is 14.7 Å². The lowest BCUT2D eigenvalue weighted by atomic mass is 10.0. The Morgan fingerprint density at radius 1 is 1.19 bits per heavy atom. The number of carbonyl (C=O) groups is 2. The first-order chi connectivity index (χ1) is 6.98. The predicted molar refractivity (Wildman–Crippen MR) is 62.2 cm³/mol. The molecule has 1 amide bonds. The van der Waals surface area contributed by atoms with Gasteiger partial charge in [-0.15, -0.1) is 0 Å². The van der Waals surface area contributed by atoms with Gasteiger partial charge in [-0.3, -0.25) is 4.79 Å². The maximum atomic E-state index is 11.7. The zero-order chi connectivity index (χ0) is 13.1. The summed E-state index contributed by atoms with van der Waals surface area (Å²) in [7, 11) is 1.50. The summed E-state index contributed by atoms with van der Waals surface area (Å²) in [5, 5.41) is 12.0. The van der Waals surface area contributed by atoms with Gasteiger partial charge >= 0.3 is 5.97 Å². The Balaban J connectivity index is 4.46. The second kappa shape index (κ2) is 4.82. The van der Waals surface area contributed by atoms with Crippen molar-refractivity contribution >= 4 is 11.9 Å². The smallest absolute Gasteiger partial charge is 0.329 e. The molecule has 0 radical (unpaired) electrons. The largest absolute Gasteiger partial charge is 0.480 e. The van der Waals surface area contributed by atoms with E-state index in [9.17, 15) is 9.59 Å². The average Bonchev–Trinajstić information content (AvgIpc) is 2.11. The monoisotopic (exact) mass is 230 g/mol. The number of carboxylic acids is 1. The van der Waals surface area contributed by atoms with Gasteiger partial charge in [0.15, 0.2) is 0 Å². The van der Waals surface area contributed by atoms with E-state index in [1.54, 1.807) is 0 Å². The molecule has 0 spiro atoms. The standard InChI is InChI=1S/C11H22N2O3/c1-10(2,3)12-7-8(14)13(6)11(4,5)9(15)16/h12H,7H2,1-6H3,(H,15,16). The summed E-state index contributed by atoms with van der Waals surface area (Å²) in [5.41, 5.74) is -1.35. The van der Waals surface area contributed by atoms with E-state index < -0.39 is 11.5 Å². The zero-order valence-electron chi connectivity index (χ0n) is 10.9. The van der Waals surface area contributed by atoms with Crippen molar-refractivity contribution in [3.05, 3.63) is 0 Å². The predicted octanol–water partition coefficient (Wildman–Crippen LogP) is 0.696.